The third-order valence-corrected chi connectivity index (χ3v) is 5.26. The highest BCUT2D eigenvalue weighted by atomic mass is 35.5. The number of benzene rings is 3. The van der Waals surface area contributed by atoms with Crippen LogP contribution in [0.15, 0.2) is 66.7 Å². The number of amides is 2. The maximum absolute atomic E-state index is 14.0. The molecule has 1 heterocycles. The summed E-state index contributed by atoms with van der Waals surface area (Å²) < 4.78 is 25.5. The van der Waals surface area contributed by atoms with E-state index in [0.717, 1.165) is 0 Å². The molecule has 3 aromatic carbocycles. The Hall–Kier alpha value is -3.58. The van der Waals surface area contributed by atoms with Gasteiger partial charge in [0, 0.05) is 11.8 Å². The molecule has 1 unspecified atom stereocenters. The van der Waals surface area contributed by atoms with Gasteiger partial charge in [0.05, 0.1) is 22.8 Å². The summed E-state index contributed by atoms with van der Waals surface area (Å²) in [6.45, 7) is 2.28. The summed E-state index contributed by atoms with van der Waals surface area (Å²) in [5.74, 6) is -0.446. The molecule has 6 nitrogen and oxygen atoms in total. The topological polar surface area (TPSA) is 67.9 Å². The standard InChI is InChI=1S/C24H20ClFN2O4/c1-15-24(30)28(12-13-31-17-6-3-2-4-7-17)20-11-10-16(14-21(20)32-15)27-23(29)22-18(25)8-5-9-19(22)26/h2-11,14-15H,12-13H2,1H3,(H,27,29). The van der Waals surface area contributed by atoms with Gasteiger partial charge in [-0.25, -0.2) is 4.39 Å². The Kier molecular flexibility index (Phi) is 6.28. The number of rotatable bonds is 6. The van der Waals surface area contributed by atoms with Crippen molar-refractivity contribution in [2.24, 2.45) is 0 Å². The van der Waals surface area contributed by atoms with E-state index in [9.17, 15) is 14.0 Å². The Morgan fingerprint density at radius 3 is 2.69 bits per heavy atom. The molecule has 0 spiro atoms. The van der Waals surface area contributed by atoms with E-state index < -0.39 is 17.8 Å². The van der Waals surface area contributed by atoms with Crippen molar-refractivity contribution in [3.05, 3.63) is 83.1 Å². The molecular formula is C24H20ClFN2O4. The zero-order chi connectivity index (χ0) is 22.7. The van der Waals surface area contributed by atoms with Crippen LogP contribution in [-0.2, 0) is 4.79 Å². The highest BCUT2D eigenvalue weighted by molar-refractivity contribution is 6.34. The van der Waals surface area contributed by atoms with E-state index in [0.29, 0.717) is 36.0 Å². The van der Waals surface area contributed by atoms with Gasteiger partial charge >= 0.3 is 0 Å². The van der Waals surface area contributed by atoms with Gasteiger partial charge in [-0.2, -0.15) is 0 Å². The molecular weight excluding hydrogens is 435 g/mol. The summed E-state index contributed by atoms with van der Waals surface area (Å²) in [5, 5.41) is 2.64. The highest BCUT2D eigenvalue weighted by Crippen LogP contribution is 2.36. The first-order valence-electron chi connectivity index (χ1n) is 9.99. The average molecular weight is 455 g/mol. The monoisotopic (exact) mass is 454 g/mol. The van der Waals surface area contributed by atoms with Crippen molar-refractivity contribution in [3.8, 4) is 11.5 Å². The number of nitrogens with zero attached hydrogens (tertiary/aromatic N) is 1. The number of nitrogens with one attached hydrogen (secondary N) is 1. The first-order chi connectivity index (χ1) is 15.4. The predicted molar refractivity (Wildman–Crippen MR) is 120 cm³/mol. The lowest BCUT2D eigenvalue weighted by Crippen LogP contribution is -2.46. The molecule has 8 heteroatoms. The number of fused-ring (bicyclic) bond motifs is 1. The number of carbonyl (C=O) groups excluding carboxylic acids is 2. The van der Waals surface area contributed by atoms with Crippen molar-refractivity contribution in [3.63, 3.8) is 0 Å². The van der Waals surface area contributed by atoms with Crippen molar-refractivity contribution in [2.75, 3.05) is 23.4 Å². The number of carbonyl (C=O) groups is 2. The average Bonchev–Trinajstić information content (AvgIpc) is 2.77. The third-order valence-electron chi connectivity index (χ3n) is 4.94. The summed E-state index contributed by atoms with van der Waals surface area (Å²) in [6, 6.07) is 18.2. The molecule has 0 aromatic heterocycles. The first kappa shape index (κ1) is 21.6. The van der Waals surface area contributed by atoms with Gasteiger partial charge in [0.1, 0.15) is 23.9 Å². The van der Waals surface area contributed by atoms with Crippen LogP contribution in [0.2, 0.25) is 5.02 Å². The predicted octanol–water partition coefficient (Wildman–Crippen LogP) is 4.92. The minimum absolute atomic E-state index is 0.0144. The SMILES string of the molecule is CC1Oc2cc(NC(=O)c3c(F)cccc3Cl)ccc2N(CCOc2ccccc2)C1=O. The zero-order valence-corrected chi connectivity index (χ0v) is 17.9. The van der Waals surface area contributed by atoms with E-state index in [2.05, 4.69) is 5.32 Å². The largest absolute Gasteiger partial charge is 0.492 e. The van der Waals surface area contributed by atoms with Gasteiger partial charge < -0.3 is 19.7 Å². The molecule has 1 aliphatic heterocycles. The van der Waals surface area contributed by atoms with Gasteiger partial charge in [0.2, 0.25) is 0 Å². The number of ether oxygens (including phenoxy) is 2. The normalized spacial score (nSPS) is 15.0. The Morgan fingerprint density at radius 2 is 1.94 bits per heavy atom. The fourth-order valence-electron chi connectivity index (χ4n) is 3.40. The van der Waals surface area contributed by atoms with Crippen molar-refractivity contribution in [1.82, 2.24) is 0 Å². The molecule has 0 saturated heterocycles. The summed E-state index contributed by atoms with van der Waals surface area (Å²) >= 11 is 5.97. The van der Waals surface area contributed by atoms with Crippen LogP contribution in [0, 0.1) is 5.82 Å². The van der Waals surface area contributed by atoms with E-state index in [4.69, 9.17) is 21.1 Å². The van der Waals surface area contributed by atoms with Crippen LogP contribution >= 0.6 is 11.6 Å². The van der Waals surface area contributed by atoms with Crippen molar-refractivity contribution in [2.45, 2.75) is 13.0 Å². The molecule has 3 aromatic rings. The Bertz CT molecular complexity index is 1140. The summed E-state index contributed by atoms with van der Waals surface area (Å²) in [4.78, 5) is 26.8. The van der Waals surface area contributed by atoms with Crippen LogP contribution < -0.4 is 19.7 Å². The summed E-state index contributed by atoms with van der Waals surface area (Å²) in [6.07, 6.45) is -0.703. The molecule has 0 bridgehead atoms. The van der Waals surface area contributed by atoms with Crippen molar-refractivity contribution in [1.29, 1.82) is 0 Å². The molecule has 1 aliphatic rings. The fourth-order valence-corrected chi connectivity index (χ4v) is 3.65. The van der Waals surface area contributed by atoms with Gasteiger partial charge in [-0.3, -0.25) is 9.59 Å². The molecule has 2 amide bonds. The number of hydrogen-bond acceptors (Lipinski definition) is 4. The Labute approximate surface area is 189 Å². The van der Waals surface area contributed by atoms with E-state index in [1.54, 1.807) is 30.0 Å². The maximum atomic E-state index is 14.0. The minimum atomic E-state index is -0.715. The number of para-hydroxylation sites is 1. The molecule has 1 N–H and O–H groups in total. The molecule has 32 heavy (non-hydrogen) atoms. The summed E-state index contributed by atoms with van der Waals surface area (Å²) in [5.41, 5.74) is 0.706. The molecule has 0 aliphatic carbocycles. The van der Waals surface area contributed by atoms with Gasteiger partial charge in [-0.05, 0) is 43.3 Å². The first-order valence-corrected chi connectivity index (χ1v) is 10.4. The lowest BCUT2D eigenvalue weighted by Gasteiger charge is -2.33. The van der Waals surface area contributed by atoms with E-state index in [1.165, 1.54) is 18.2 Å². The van der Waals surface area contributed by atoms with Crippen molar-refractivity contribution < 1.29 is 23.5 Å². The Morgan fingerprint density at radius 1 is 1.16 bits per heavy atom. The van der Waals surface area contributed by atoms with E-state index in [1.807, 2.05) is 30.3 Å². The van der Waals surface area contributed by atoms with Crippen LogP contribution in [0.5, 0.6) is 11.5 Å². The van der Waals surface area contributed by atoms with Gasteiger partial charge in [0.25, 0.3) is 11.8 Å². The second-order valence-corrected chi connectivity index (χ2v) is 7.55. The number of halogens is 2. The fraction of sp³-hybridized carbons (Fsp3) is 0.167. The maximum Gasteiger partial charge on any atom is 0.267 e. The lowest BCUT2D eigenvalue weighted by atomic mass is 10.1. The minimum Gasteiger partial charge on any atom is -0.492 e. The smallest absolute Gasteiger partial charge is 0.267 e. The van der Waals surface area contributed by atoms with Crippen LogP contribution in [0.25, 0.3) is 0 Å². The molecule has 164 valence electrons. The quantitative estimate of drug-likeness (QED) is 0.573. The molecule has 0 saturated carbocycles. The van der Waals surface area contributed by atoms with Crippen LogP contribution in [0.3, 0.4) is 0 Å². The van der Waals surface area contributed by atoms with Crippen LogP contribution in [0.4, 0.5) is 15.8 Å². The summed E-state index contributed by atoms with van der Waals surface area (Å²) in [7, 11) is 0. The van der Waals surface area contributed by atoms with Gasteiger partial charge in [-0.1, -0.05) is 35.9 Å². The van der Waals surface area contributed by atoms with E-state index in [-0.39, 0.29) is 16.5 Å². The lowest BCUT2D eigenvalue weighted by molar-refractivity contribution is -0.125. The van der Waals surface area contributed by atoms with E-state index >= 15 is 0 Å². The zero-order valence-electron chi connectivity index (χ0n) is 17.2. The van der Waals surface area contributed by atoms with Gasteiger partial charge in [-0.15, -0.1) is 0 Å². The number of anilines is 2. The van der Waals surface area contributed by atoms with Crippen LogP contribution in [-0.4, -0.2) is 31.1 Å². The highest BCUT2D eigenvalue weighted by Gasteiger charge is 2.31. The second kappa shape index (κ2) is 9.28. The Balaban J connectivity index is 1.51. The molecule has 0 radical (unpaired) electrons. The third kappa shape index (κ3) is 4.53. The molecule has 1 atom stereocenters. The number of hydrogen-bond donors (Lipinski definition) is 1. The van der Waals surface area contributed by atoms with Crippen LogP contribution in [0.1, 0.15) is 17.3 Å². The van der Waals surface area contributed by atoms with Crippen molar-refractivity contribution >= 4 is 34.8 Å². The second-order valence-electron chi connectivity index (χ2n) is 7.14. The molecule has 0 fully saturated rings. The van der Waals surface area contributed by atoms with Gasteiger partial charge in [0.15, 0.2) is 6.10 Å². The molecule has 4 rings (SSSR count).